The van der Waals surface area contributed by atoms with E-state index < -0.39 is 5.97 Å². The first kappa shape index (κ1) is 9.52. The molecule has 0 unspecified atom stereocenters. The number of nitrogens with one attached hydrogen (secondary N) is 1. The van der Waals surface area contributed by atoms with Gasteiger partial charge in [-0.05, 0) is 12.1 Å². The SMILES string of the molecule is O=C(O)c1cccc2oc(-c3cn[nH]n3)nc12. The number of carbonyl (C=O) groups is 1. The Bertz CT molecular complexity index is 687. The number of para-hydroxylation sites is 1. The molecule has 0 saturated heterocycles. The highest BCUT2D eigenvalue weighted by atomic mass is 16.4. The highest BCUT2D eigenvalue weighted by Gasteiger charge is 2.16. The van der Waals surface area contributed by atoms with E-state index in [1.807, 2.05) is 0 Å². The molecule has 7 heteroatoms. The molecule has 7 nitrogen and oxygen atoms in total. The van der Waals surface area contributed by atoms with Crippen molar-refractivity contribution in [2.45, 2.75) is 0 Å². The van der Waals surface area contributed by atoms with Crippen LogP contribution >= 0.6 is 0 Å². The molecule has 0 aliphatic rings. The number of H-pyrrole nitrogens is 1. The molecule has 3 aromatic rings. The van der Waals surface area contributed by atoms with Crippen molar-refractivity contribution in [1.82, 2.24) is 20.4 Å². The van der Waals surface area contributed by atoms with Gasteiger partial charge in [-0.15, -0.1) is 0 Å². The summed E-state index contributed by atoms with van der Waals surface area (Å²) in [5.74, 6) is -0.807. The Morgan fingerprint density at radius 3 is 3.00 bits per heavy atom. The van der Waals surface area contributed by atoms with Crippen LogP contribution in [0.5, 0.6) is 0 Å². The van der Waals surface area contributed by atoms with E-state index in [-0.39, 0.29) is 11.5 Å². The molecular weight excluding hydrogens is 224 g/mol. The highest BCUT2D eigenvalue weighted by Crippen LogP contribution is 2.24. The van der Waals surface area contributed by atoms with Gasteiger partial charge in [0.25, 0.3) is 0 Å². The van der Waals surface area contributed by atoms with Gasteiger partial charge in [0, 0.05) is 0 Å². The molecule has 0 fully saturated rings. The fourth-order valence-corrected chi connectivity index (χ4v) is 1.54. The second-order valence-electron chi connectivity index (χ2n) is 3.33. The second-order valence-corrected chi connectivity index (χ2v) is 3.33. The molecule has 0 aliphatic carbocycles. The number of oxazole rings is 1. The number of aromatic amines is 1. The Labute approximate surface area is 94.1 Å². The predicted molar refractivity (Wildman–Crippen MR) is 56.3 cm³/mol. The fourth-order valence-electron chi connectivity index (χ4n) is 1.54. The lowest BCUT2D eigenvalue weighted by molar-refractivity contribution is 0.0699. The molecule has 3 rings (SSSR count). The zero-order chi connectivity index (χ0) is 11.8. The number of benzene rings is 1. The van der Waals surface area contributed by atoms with Gasteiger partial charge in [-0.2, -0.15) is 15.4 Å². The number of rotatable bonds is 2. The van der Waals surface area contributed by atoms with E-state index in [9.17, 15) is 4.79 Å². The van der Waals surface area contributed by atoms with Crippen LogP contribution in [0, 0.1) is 0 Å². The van der Waals surface area contributed by atoms with Gasteiger partial charge in [0.2, 0.25) is 5.89 Å². The van der Waals surface area contributed by atoms with E-state index in [2.05, 4.69) is 20.4 Å². The van der Waals surface area contributed by atoms with Gasteiger partial charge >= 0.3 is 5.97 Å². The molecule has 0 radical (unpaired) electrons. The van der Waals surface area contributed by atoms with E-state index in [0.29, 0.717) is 16.8 Å². The highest BCUT2D eigenvalue weighted by molar-refractivity contribution is 6.00. The standard InChI is InChI=1S/C10H6N4O3/c15-10(16)5-2-1-3-7-8(5)12-9(17-7)6-4-11-14-13-6/h1-4H,(H,15,16)(H,11,13,14). The topological polar surface area (TPSA) is 105 Å². The lowest BCUT2D eigenvalue weighted by atomic mass is 10.2. The van der Waals surface area contributed by atoms with Crippen molar-refractivity contribution in [3.8, 4) is 11.6 Å². The van der Waals surface area contributed by atoms with Gasteiger partial charge in [0.05, 0.1) is 11.8 Å². The van der Waals surface area contributed by atoms with Gasteiger partial charge in [0.1, 0.15) is 5.52 Å². The smallest absolute Gasteiger partial charge is 0.338 e. The average Bonchev–Trinajstić information content (AvgIpc) is 2.96. The van der Waals surface area contributed by atoms with Crippen LogP contribution in [-0.4, -0.2) is 31.5 Å². The number of aromatic carboxylic acids is 1. The fraction of sp³-hybridized carbons (Fsp3) is 0. The maximum Gasteiger partial charge on any atom is 0.338 e. The lowest BCUT2D eigenvalue weighted by Crippen LogP contribution is -1.96. The summed E-state index contributed by atoms with van der Waals surface area (Å²) in [5.41, 5.74) is 1.24. The first-order valence-electron chi connectivity index (χ1n) is 4.74. The monoisotopic (exact) mass is 230 g/mol. The summed E-state index contributed by atoms with van der Waals surface area (Å²) >= 11 is 0. The van der Waals surface area contributed by atoms with Crippen molar-refractivity contribution < 1.29 is 14.3 Å². The number of carboxylic acids is 1. The molecule has 0 amide bonds. The van der Waals surface area contributed by atoms with Gasteiger partial charge in [0.15, 0.2) is 11.3 Å². The summed E-state index contributed by atoms with van der Waals surface area (Å²) in [6, 6.07) is 4.72. The molecule has 2 heterocycles. The summed E-state index contributed by atoms with van der Waals surface area (Å²) in [6.45, 7) is 0. The molecule has 2 aromatic heterocycles. The minimum absolute atomic E-state index is 0.0981. The zero-order valence-electron chi connectivity index (χ0n) is 8.41. The Kier molecular flexibility index (Phi) is 1.91. The van der Waals surface area contributed by atoms with E-state index in [0.717, 1.165) is 0 Å². The Balaban J connectivity index is 2.26. The molecule has 0 saturated carbocycles. The first-order valence-corrected chi connectivity index (χ1v) is 4.74. The van der Waals surface area contributed by atoms with E-state index in [4.69, 9.17) is 9.52 Å². The number of aromatic nitrogens is 4. The third-order valence-electron chi connectivity index (χ3n) is 2.28. The third kappa shape index (κ3) is 1.44. The minimum atomic E-state index is -1.05. The number of hydrogen-bond acceptors (Lipinski definition) is 5. The number of nitrogens with zero attached hydrogens (tertiary/aromatic N) is 3. The van der Waals surface area contributed by atoms with E-state index >= 15 is 0 Å². The summed E-state index contributed by atoms with van der Waals surface area (Å²) in [7, 11) is 0. The molecule has 0 spiro atoms. The first-order chi connectivity index (χ1) is 8.25. The molecular formula is C10H6N4O3. The summed E-state index contributed by atoms with van der Waals surface area (Å²) in [4.78, 5) is 15.1. The van der Waals surface area contributed by atoms with Crippen LogP contribution in [-0.2, 0) is 0 Å². The van der Waals surface area contributed by atoms with Gasteiger partial charge < -0.3 is 9.52 Å². The van der Waals surface area contributed by atoms with Crippen molar-refractivity contribution in [2.24, 2.45) is 0 Å². The van der Waals surface area contributed by atoms with Crippen molar-refractivity contribution >= 4 is 17.1 Å². The van der Waals surface area contributed by atoms with Crippen LogP contribution in [0.15, 0.2) is 28.8 Å². The number of fused-ring (bicyclic) bond motifs is 1. The molecule has 2 N–H and O–H groups in total. The van der Waals surface area contributed by atoms with E-state index in [1.54, 1.807) is 12.1 Å². The Morgan fingerprint density at radius 1 is 1.41 bits per heavy atom. The minimum Gasteiger partial charge on any atom is -0.478 e. The largest absolute Gasteiger partial charge is 0.478 e. The number of carboxylic acid groups (broad SMARTS) is 1. The predicted octanol–water partition coefficient (Wildman–Crippen LogP) is 1.31. The molecule has 17 heavy (non-hydrogen) atoms. The molecule has 0 aliphatic heterocycles. The Morgan fingerprint density at radius 2 is 2.29 bits per heavy atom. The van der Waals surface area contributed by atoms with Gasteiger partial charge in [-0.3, -0.25) is 0 Å². The third-order valence-corrected chi connectivity index (χ3v) is 2.28. The normalized spacial score (nSPS) is 10.8. The Hall–Kier alpha value is -2.70. The van der Waals surface area contributed by atoms with Gasteiger partial charge in [-0.1, -0.05) is 6.07 Å². The lowest BCUT2D eigenvalue weighted by Gasteiger charge is -1.92. The zero-order valence-corrected chi connectivity index (χ0v) is 8.41. The quantitative estimate of drug-likeness (QED) is 0.687. The van der Waals surface area contributed by atoms with Crippen LogP contribution in [0.1, 0.15) is 10.4 Å². The second kappa shape index (κ2) is 3.41. The number of hydrogen-bond donors (Lipinski definition) is 2. The maximum absolute atomic E-state index is 11.0. The van der Waals surface area contributed by atoms with Crippen LogP contribution < -0.4 is 0 Å². The van der Waals surface area contributed by atoms with Crippen molar-refractivity contribution in [1.29, 1.82) is 0 Å². The summed E-state index contributed by atoms with van der Waals surface area (Å²) in [6.07, 6.45) is 1.45. The average molecular weight is 230 g/mol. The van der Waals surface area contributed by atoms with Crippen LogP contribution in [0.25, 0.3) is 22.7 Å². The summed E-state index contributed by atoms with van der Waals surface area (Å²) < 4.78 is 5.41. The van der Waals surface area contributed by atoms with Crippen molar-refractivity contribution in [3.63, 3.8) is 0 Å². The summed E-state index contributed by atoms with van der Waals surface area (Å²) in [5, 5.41) is 18.9. The van der Waals surface area contributed by atoms with Gasteiger partial charge in [-0.25, -0.2) is 9.78 Å². The molecule has 1 aromatic carbocycles. The maximum atomic E-state index is 11.0. The van der Waals surface area contributed by atoms with Crippen LogP contribution in [0.3, 0.4) is 0 Å². The van der Waals surface area contributed by atoms with Crippen molar-refractivity contribution in [3.05, 3.63) is 30.0 Å². The van der Waals surface area contributed by atoms with E-state index in [1.165, 1.54) is 12.3 Å². The molecule has 84 valence electrons. The van der Waals surface area contributed by atoms with Crippen molar-refractivity contribution in [2.75, 3.05) is 0 Å². The molecule has 0 bridgehead atoms. The van der Waals surface area contributed by atoms with Crippen LogP contribution in [0.4, 0.5) is 0 Å². The molecule has 0 atom stereocenters. The van der Waals surface area contributed by atoms with Crippen LogP contribution in [0.2, 0.25) is 0 Å².